The van der Waals surface area contributed by atoms with Crippen LogP contribution in [0.25, 0.3) is 0 Å². The van der Waals surface area contributed by atoms with Crippen LogP contribution in [0.3, 0.4) is 0 Å². The number of ketones is 1. The van der Waals surface area contributed by atoms with E-state index in [-0.39, 0.29) is 11.2 Å². The fourth-order valence-corrected chi connectivity index (χ4v) is 4.79. The van der Waals surface area contributed by atoms with E-state index in [1.807, 2.05) is 37.6 Å². The van der Waals surface area contributed by atoms with Crippen LogP contribution in [0.1, 0.15) is 83.9 Å². The van der Waals surface area contributed by atoms with E-state index in [4.69, 9.17) is 4.74 Å². The summed E-state index contributed by atoms with van der Waals surface area (Å²) < 4.78 is 7.90. The van der Waals surface area contributed by atoms with E-state index in [1.54, 1.807) is 6.33 Å². The summed E-state index contributed by atoms with van der Waals surface area (Å²) in [6, 6.07) is 8.14. The summed E-state index contributed by atoms with van der Waals surface area (Å²) in [4.78, 5) is 22.4. The molecule has 2 aliphatic rings. The van der Waals surface area contributed by atoms with Crippen LogP contribution in [0, 0.1) is 6.92 Å². The van der Waals surface area contributed by atoms with Gasteiger partial charge in [0.25, 0.3) is 0 Å². The first-order chi connectivity index (χ1) is 16.0. The van der Waals surface area contributed by atoms with Gasteiger partial charge in [0.2, 0.25) is 0 Å². The summed E-state index contributed by atoms with van der Waals surface area (Å²) in [6.45, 7) is 4.51. The maximum Gasteiger partial charge on any atom is 0.185 e. The predicted octanol–water partition coefficient (Wildman–Crippen LogP) is 4.28. The van der Waals surface area contributed by atoms with Gasteiger partial charge in [-0.1, -0.05) is 12.5 Å². The normalized spacial score (nSPS) is 16.9. The first-order valence-corrected chi connectivity index (χ1v) is 11.9. The van der Waals surface area contributed by atoms with Crippen LogP contribution >= 0.6 is 0 Å². The Bertz CT molecular complexity index is 1180. The number of carbonyl (C=O) groups excluding carboxylic acids is 1. The lowest BCUT2D eigenvalue weighted by atomic mass is 9.62. The molecule has 0 N–H and O–H groups in total. The zero-order valence-electron chi connectivity index (χ0n) is 19.7. The van der Waals surface area contributed by atoms with Gasteiger partial charge >= 0.3 is 0 Å². The van der Waals surface area contributed by atoms with E-state index in [2.05, 4.69) is 32.3 Å². The van der Waals surface area contributed by atoms with E-state index >= 15 is 0 Å². The molecular weight excluding hydrogens is 414 g/mol. The van der Waals surface area contributed by atoms with Gasteiger partial charge in [-0.3, -0.25) is 4.79 Å². The van der Waals surface area contributed by atoms with E-state index in [9.17, 15) is 4.79 Å². The number of rotatable bonds is 9. The third-order valence-electron chi connectivity index (χ3n) is 6.97. The quantitative estimate of drug-likeness (QED) is 0.457. The van der Waals surface area contributed by atoms with Crippen LogP contribution in [0.15, 0.2) is 30.6 Å². The molecule has 7 heteroatoms. The van der Waals surface area contributed by atoms with Crippen molar-refractivity contribution in [2.24, 2.45) is 7.05 Å². The lowest BCUT2D eigenvalue weighted by molar-refractivity contribution is 0.0987. The Kier molecular flexibility index (Phi) is 5.72. The van der Waals surface area contributed by atoms with Crippen molar-refractivity contribution in [2.75, 3.05) is 6.61 Å². The first-order valence-electron chi connectivity index (χ1n) is 11.9. The Hall–Kier alpha value is -3.09. The molecule has 0 radical (unpaired) electrons. The average Bonchev–Trinajstić information content (AvgIpc) is 3.53. The molecule has 3 aromatic rings. The zero-order chi connectivity index (χ0) is 23.0. The van der Waals surface area contributed by atoms with E-state index in [0.29, 0.717) is 24.6 Å². The van der Waals surface area contributed by atoms with Gasteiger partial charge in [0, 0.05) is 36.9 Å². The van der Waals surface area contributed by atoms with Gasteiger partial charge in [-0.2, -0.15) is 0 Å². The van der Waals surface area contributed by atoms with Crippen molar-refractivity contribution in [2.45, 2.75) is 70.1 Å². The number of carbonyl (C=O) groups is 1. The second-order valence-corrected chi connectivity index (χ2v) is 9.59. The molecule has 2 aliphatic carbocycles. The van der Waals surface area contributed by atoms with Crippen molar-refractivity contribution in [3.8, 4) is 5.75 Å². The molecule has 0 bridgehead atoms. The summed E-state index contributed by atoms with van der Waals surface area (Å²) in [5.41, 5.74) is 3.58. The average molecular weight is 446 g/mol. The van der Waals surface area contributed by atoms with Gasteiger partial charge in [-0.25, -0.2) is 9.97 Å². The predicted molar refractivity (Wildman–Crippen MR) is 125 cm³/mol. The lowest BCUT2D eigenvalue weighted by Gasteiger charge is -2.42. The fourth-order valence-electron chi connectivity index (χ4n) is 4.79. The minimum Gasteiger partial charge on any atom is -0.494 e. The minimum atomic E-state index is 0.0103. The van der Waals surface area contributed by atoms with Crippen LogP contribution < -0.4 is 4.74 Å². The molecule has 0 spiro atoms. The summed E-state index contributed by atoms with van der Waals surface area (Å²) >= 11 is 0. The SMILES string of the molecule is CCOc1cc(CC(=O)c2cc(C)nc(C3CC3)n2)cc(C2(Cc3nncn3C)CCC2)c1. The first kappa shape index (κ1) is 21.7. The van der Waals surface area contributed by atoms with Crippen molar-refractivity contribution >= 4 is 5.78 Å². The van der Waals surface area contributed by atoms with E-state index in [0.717, 1.165) is 60.8 Å². The topological polar surface area (TPSA) is 82.8 Å². The highest BCUT2D eigenvalue weighted by molar-refractivity contribution is 5.96. The Morgan fingerprint density at radius 2 is 2.00 bits per heavy atom. The third kappa shape index (κ3) is 4.54. The molecule has 0 amide bonds. The van der Waals surface area contributed by atoms with Gasteiger partial charge < -0.3 is 9.30 Å². The van der Waals surface area contributed by atoms with Crippen LogP contribution in [0.2, 0.25) is 0 Å². The van der Waals surface area contributed by atoms with Crippen LogP contribution in [0.4, 0.5) is 0 Å². The standard InChI is InChI=1S/C26H31N5O2/c1-4-33-21-12-18(13-23(32)22-10-17(2)28-25(29-22)19-6-7-19)11-20(14-21)26(8-5-9-26)15-24-30-27-16-31(24)3/h10-12,14,16,19H,4-9,13,15H2,1-3H3. The fraction of sp³-hybridized carbons (Fsp3) is 0.500. The molecular formula is C26H31N5O2. The van der Waals surface area contributed by atoms with Crippen molar-refractivity contribution in [1.29, 1.82) is 0 Å². The van der Waals surface area contributed by atoms with Gasteiger partial charge in [-0.05, 0) is 68.9 Å². The third-order valence-corrected chi connectivity index (χ3v) is 6.97. The van der Waals surface area contributed by atoms with Gasteiger partial charge in [0.15, 0.2) is 5.78 Å². The van der Waals surface area contributed by atoms with E-state index in [1.165, 1.54) is 12.0 Å². The van der Waals surface area contributed by atoms with Gasteiger partial charge in [0.1, 0.15) is 29.4 Å². The summed E-state index contributed by atoms with van der Waals surface area (Å²) in [5.74, 6) is 3.07. The lowest BCUT2D eigenvalue weighted by Crippen LogP contribution is -2.37. The molecule has 2 aromatic heterocycles. The maximum absolute atomic E-state index is 13.2. The number of ether oxygens (including phenoxy) is 1. The molecule has 0 unspecified atom stereocenters. The Labute approximate surface area is 194 Å². The number of hydrogen-bond acceptors (Lipinski definition) is 6. The molecule has 172 valence electrons. The molecule has 0 saturated heterocycles. The molecule has 2 saturated carbocycles. The second kappa shape index (κ2) is 8.69. The Balaban J connectivity index is 1.44. The van der Waals surface area contributed by atoms with Crippen LogP contribution in [-0.2, 0) is 25.3 Å². The van der Waals surface area contributed by atoms with Crippen molar-refractivity contribution in [3.63, 3.8) is 0 Å². The highest BCUT2D eigenvalue weighted by Gasteiger charge is 2.40. The summed E-state index contributed by atoms with van der Waals surface area (Å²) in [7, 11) is 1.99. The number of aromatic nitrogens is 5. The number of Topliss-reactive ketones (excluding diaryl/α,β-unsaturated/α-hetero) is 1. The molecule has 1 aromatic carbocycles. The summed E-state index contributed by atoms with van der Waals surface area (Å²) in [5, 5.41) is 8.38. The van der Waals surface area contributed by atoms with Crippen LogP contribution in [0.5, 0.6) is 5.75 Å². The van der Waals surface area contributed by atoms with Gasteiger partial charge in [-0.15, -0.1) is 10.2 Å². The summed E-state index contributed by atoms with van der Waals surface area (Å²) in [6.07, 6.45) is 8.50. The number of nitrogens with zero attached hydrogens (tertiary/aromatic N) is 5. The van der Waals surface area contributed by atoms with Crippen LogP contribution in [-0.4, -0.2) is 37.1 Å². The molecule has 2 fully saturated rings. The van der Waals surface area contributed by atoms with Gasteiger partial charge in [0.05, 0.1) is 6.61 Å². The largest absolute Gasteiger partial charge is 0.494 e. The number of benzene rings is 1. The van der Waals surface area contributed by atoms with Crippen molar-refractivity contribution < 1.29 is 9.53 Å². The van der Waals surface area contributed by atoms with Crippen molar-refractivity contribution in [3.05, 3.63) is 64.8 Å². The molecule has 2 heterocycles. The molecule has 33 heavy (non-hydrogen) atoms. The Morgan fingerprint density at radius 1 is 1.18 bits per heavy atom. The molecule has 7 nitrogen and oxygen atoms in total. The Morgan fingerprint density at radius 3 is 2.64 bits per heavy atom. The highest BCUT2D eigenvalue weighted by atomic mass is 16.5. The molecule has 0 aliphatic heterocycles. The monoisotopic (exact) mass is 445 g/mol. The minimum absolute atomic E-state index is 0.0103. The second-order valence-electron chi connectivity index (χ2n) is 9.59. The number of aryl methyl sites for hydroxylation is 2. The van der Waals surface area contributed by atoms with Crippen molar-refractivity contribution in [1.82, 2.24) is 24.7 Å². The smallest absolute Gasteiger partial charge is 0.185 e. The molecule has 0 atom stereocenters. The number of hydrogen-bond donors (Lipinski definition) is 0. The highest BCUT2D eigenvalue weighted by Crippen LogP contribution is 2.47. The zero-order valence-corrected chi connectivity index (χ0v) is 19.7. The van der Waals surface area contributed by atoms with E-state index < -0.39 is 0 Å². The maximum atomic E-state index is 13.2. The molecule has 5 rings (SSSR count).